The highest BCUT2D eigenvalue weighted by molar-refractivity contribution is 5.94. The van der Waals surface area contributed by atoms with E-state index < -0.39 is 0 Å². The first-order chi connectivity index (χ1) is 8.09. The van der Waals surface area contributed by atoms with Gasteiger partial charge in [0.1, 0.15) is 0 Å². The van der Waals surface area contributed by atoms with Gasteiger partial charge in [0.15, 0.2) is 11.5 Å². The van der Waals surface area contributed by atoms with E-state index in [0.717, 1.165) is 31.7 Å². The van der Waals surface area contributed by atoms with E-state index in [9.17, 15) is 4.79 Å². The van der Waals surface area contributed by atoms with Crippen molar-refractivity contribution in [3.8, 4) is 0 Å². The lowest BCUT2D eigenvalue weighted by atomic mass is 9.92. The van der Waals surface area contributed by atoms with E-state index in [2.05, 4.69) is 23.9 Å². The second kappa shape index (κ2) is 5.00. The molecule has 1 saturated heterocycles. The van der Waals surface area contributed by atoms with Crippen molar-refractivity contribution in [1.82, 2.24) is 10.1 Å². The molecule has 1 unspecified atom stereocenters. The van der Waals surface area contributed by atoms with Gasteiger partial charge in [-0.3, -0.25) is 4.79 Å². The van der Waals surface area contributed by atoms with Crippen molar-refractivity contribution in [2.24, 2.45) is 0 Å². The SMILES string of the molecule is CC(=O)c1cnoc1C1CCCN(C(C)C)C1. The zero-order valence-electron chi connectivity index (χ0n) is 10.8. The Hall–Kier alpha value is -1.16. The second-order valence-corrected chi connectivity index (χ2v) is 5.09. The third-order valence-electron chi connectivity index (χ3n) is 3.53. The Morgan fingerprint density at radius 1 is 1.59 bits per heavy atom. The van der Waals surface area contributed by atoms with Crippen LogP contribution >= 0.6 is 0 Å². The highest BCUT2D eigenvalue weighted by Gasteiger charge is 2.28. The third kappa shape index (κ3) is 2.57. The monoisotopic (exact) mass is 236 g/mol. The Balaban J connectivity index is 2.16. The summed E-state index contributed by atoms with van der Waals surface area (Å²) < 4.78 is 5.30. The smallest absolute Gasteiger partial charge is 0.165 e. The predicted octanol–water partition coefficient (Wildman–Crippen LogP) is 2.47. The summed E-state index contributed by atoms with van der Waals surface area (Å²) in [6, 6.07) is 0.543. The summed E-state index contributed by atoms with van der Waals surface area (Å²) in [5.74, 6) is 1.14. The van der Waals surface area contributed by atoms with Crippen molar-refractivity contribution in [3.63, 3.8) is 0 Å². The fraction of sp³-hybridized carbons (Fsp3) is 0.692. The van der Waals surface area contributed by atoms with Crippen LogP contribution in [0.15, 0.2) is 10.7 Å². The number of carbonyl (C=O) groups excluding carboxylic acids is 1. The molecule has 0 bridgehead atoms. The molecule has 94 valence electrons. The van der Waals surface area contributed by atoms with Gasteiger partial charge in [-0.2, -0.15) is 0 Å². The fourth-order valence-electron chi connectivity index (χ4n) is 2.50. The fourth-order valence-corrected chi connectivity index (χ4v) is 2.50. The van der Waals surface area contributed by atoms with E-state index in [1.807, 2.05) is 0 Å². The number of carbonyl (C=O) groups is 1. The van der Waals surface area contributed by atoms with Crippen LogP contribution in [0.25, 0.3) is 0 Å². The van der Waals surface area contributed by atoms with Crippen molar-refractivity contribution in [3.05, 3.63) is 17.5 Å². The van der Waals surface area contributed by atoms with Gasteiger partial charge in [-0.15, -0.1) is 0 Å². The van der Waals surface area contributed by atoms with E-state index in [1.54, 1.807) is 13.1 Å². The van der Waals surface area contributed by atoms with E-state index in [-0.39, 0.29) is 5.78 Å². The van der Waals surface area contributed by atoms with Crippen molar-refractivity contribution >= 4 is 5.78 Å². The van der Waals surface area contributed by atoms with Crippen molar-refractivity contribution in [2.75, 3.05) is 13.1 Å². The number of likely N-dealkylation sites (tertiary alicyclic amines) is 1. The van der Waals surface area contributed by atoms with Crippen LogP contribution < -0.4 is 0 Å². The zero-order chi connectivity index (χ0) is 12.4. The summed E-state index contributed by atoms with van der Waals surface area (Å²) in [5, 5.41) is 3.77. The summed E-state index contributed by atoms with van der Waals surface area (Å²) in [6.45, 7) is 8.08. The Morgan fingerprint density at radius 2 is 2.35 bits per heavy atom. The van der Waals surface area contributed by atoms with Crippen LogP contribution in [0, 0.1) is 0 Å². The Morgan fingerprint density at radius 3 is 3.00 bits per heavy atom. The molecule has 1 aliphatic rings. The molecule has 1 fully saturated rings. The second-order valence-electron chi connectivity index (χ2n) is 5.09. The topological polar surface area (TPSA) is 46.3 Å². The van der Waals surface area contributed by atoms with Gasteiger partial charge in [-0.05, 0) is 40.2 Å². The zero-order valence-corrected chi connectivity index (χ0v) is 10.8. The molecule has 0 N–H and O–H groups in total. The minimum absolute atomic E-state index is 0.0444. The summed E-state index contributed by atoms with van der Waals surface area (Å²) in [4.78, 5) is 13.9. The predicted molar refractivity (Wildman–Crippen MR) is 65.2 cm³/mol. The molecule has 0 aromatic carbocycles. The lowest BCUT2D eigenvalue weighted by Crippen LogP contribution is -2.39. The van der Waals surface area contributed by atoms with Crippen LogP contribution in [0.1, 0.15) is 55.6 Å². The molecule has 0 amide bonds. The molecule has 1 atom stereocenters. The maximum Gasteiger partial charge on any atom is 0.165 e. The molecular formula is C13H20N2O2. The number of nitrogens with zero attached hydrogens (tertiary/aromatic N) is 2. The lowest BCUT2D eigenvalue weighted by Gasteiger charge is -2.34. The molecule has 4 nitrogen and oxygen atoms in total. The quantitative estimate of drug-likeness (QED) is 0.756. The summed E-state index contributed by atoms with van der Waals surface area (Å²) >= 11 is 0. The van der Waals surface area contributed by atoms with Crippen molar-refractivity contribution in [1.29, 1.82) is 0 Å². The van der Waals surface area contributed by atoms with E-state index in [4.69, 9.17) is 4.52 Å². The van der Waals surface area contributed by atoms with Gasteiger partial charge >= 0.3 is 0 Å². The Bertz CT molecular complexity index is 398. The minimum atomic E-state index is 0.0444. The molecular weight excluding hydrogens is 216 g/mol. The number of ketones is 1. The largest absolute Gasteiger partial charge is 0.360 e. The number of hydrogen-bond acceptors (Lipinski definition) is 4. The van der Waals surface area contributed by atoms with Crippen molar-refractivity contribution < 1.29 is 9.32 Å². The molecule has 0 radical (unpaired) electrons. The summed E-state index contributed by atoms with van der Waals surface area (Å²) in [7, 11) is 0. The number of hydrogen-bond donors (Lipinski definition) is 0. The van der Waals surface area contributed by atoms with Gasteiger partial charge in [0.25, 0.3) is 0 Å². The van der Waals surface area contributed by atoms with E-state index in [0.29, 0.717) is 17.5 Å². The average Bonchev–Trinajstić information content (AvgIpc) is 2.78. The first kappa shape index (κ1) is 12.3. The first-order valence-electron chi connectivity index (χ1n) is 6.29. The van der Waals surface area contributed by atoms with Gasteiger partial charge in [-0.25, -0.2) is 0 Å². The normalized spacial score (nSPS) is 22.0. The van der Waals surface area contributed by atoms with Gasteiger partial charge in [0.05, 0.1) is 11.8 Å². The van der Waals surface area contributed by atoms with Gasteiger partial charge in [-0.1, -0.05) is 5.16 Å². The van der Waals surface area contributed by atoms with Gasteiger partial charge in [0.2, 0.25) is 0 Å². The van der Waals surface area contributed by atoms with Gasteiger partial charge in [0, 0.05) is 18.5 Å². The lowest BCUT2D eigenvalue weighted by molar-refractivity contribution is 0.101. The number of aromatic nitrogens is 1. The molecule has 1 aromatic rings. The van der Waals surface area contributed by atoms with Crippen LogP contribution in [0.3, 0.4) is 0 Å². The number of Topliss-reactive ketones (excluding diaryl/α,β-unsaturated/α-hetero) is 1. The Labute approximate surface area is 102 Å². The van der Waals surface area contributed by atoms with Crippen LogP contribution in [-0.2, 0) is 0 Å². The summed E-state index contributed by atoms with van der Waals surface area (Å²) in [6.07, 6.45) is 3.78. The molecule has 0 saturated carbocycles. The molecule has 4 heteroatoms. The third-order valence-corrected chi connectivity index (χ3v) is 3.53. The Kier molecular flexibility index (Phi) is 3.62. The number of rotatable bonds is 3. The molecule has 17 heavy (non-hydrogen) atoms. The summed E-state index contributed by atoms with van der Waals surface area (Å²) in [5.41, 5.74) is 0.653. The van der Waals surface area contributed by atoms with Crippen LogP contribution in [-0.4, -0.2) is 35.0 Å². The van der Waals surface area contributed by atoms with Crippen LogP contribution in [0.4, 0.5) is 0 Å². The average molecular weight is 236 g/mol. The van der Waals surface area contributed by atoms with E-state index in [1.165, 1.54) is 0 Å². The molecule has 2 rings (SSSR count). The maximum absolute atomic E-state index is 11.5. The molecule has 0 aliphatic carbocycles. The maximum atomic E-state index is 11.5. The standard InChI is InChI=1S/C13H20N2O2/c1-9(2)15-6-4-5-11(8-15)13-12(10(3)16)7-14-17-13/h7,9,11H,4-6,8H2,1-3H3. The molecule has 0 spiro atoms. The molecule has 1 aromatic heterocycles. The first-order valence-corrected chi connectivity index (χ1v) is 6.29. The minimum Gasteiger partial charge on any atom is -0.360 e. The molecule has 2 heterocycles. The highest BCUT2D eigenvalue weighted by atomic mass is 16.5. The highest BCUT2D eigenvalue weighted by Crippen LogP contribution is 2.30. The number of piperidine rings is 1. The van der Waals surface area contributed by atoms with Crippen molar-refractivity contribution in [2.45, 2.75) is 45.6 Å². The van der Waals surface area contributed by atoms with E-state index >= 15 is 0 Å². The van der Waals surface area contributed by atoms with Crippen LogP contribution in [0.5, 0.6) is 0 Å². The van der Waals surface area contributed by atoms with Crippen LogP contribution in [0.2, 0.25) is 0 Å². The van der Waals surface area contributed by atoms with Gasteiger partial charge < -0.3 is 9.42 Å². The molecule has 1 aliphatic heterocycles.